The van der Waals surface area contributed by atoms with Gasteiger partial charge in [0.1, 0.15) is 18.1 Å². The summed E-state index contributed by atoms with van der Waals surface area (Å²) in [5.41, 5.74) is 2.07. The molecule has 0 saturated carbocycles. The summed E-state index contributed by atoms with van der Waals surface area (Å²) in [6.07, 6.45) is 0.515. The van der Waals surface area contributed by atoms with Crippen LogP contribution in [0.4, 0.5) is 8.78 Å². The first-order valence-electron chi connectivity index (χ1n) is 9.10. The molecule has 154 valence electrons. The minimum absolute atomic E-state index is 0.0182. The Labute approximate surface area is 168 Å². The van der Waals surface area contributed by atoms with Crippen LogP contribution in [0.5, 0.6) is 5.75 Å². The molecule has 0 saturated heterocycles. The lowest BCUT2D eigenvalue weighted by molar-refractivity contribution is -0.116. The van der Waals surface area contributed by atoms with Crippen molar-refractivity contribution in [3.05, 3.63) is 39.1 Å². The number of ether oxygens (including phenoxy) is 1. The smallest absolute Gasteiger partial charge is 0.387 e. The van der Waals surface area contributed by atoms with Crippen LogP contribution in [0.3, 0.4) is 0 Å². The summed E-state index contributed by atoms with van der Waals surface area (Å²) in [5.74, 6) is -1.02. The van der Waals surface area contributed by atoms with Crippen LogP contribution in [-0.4, -0.2) is 29.8 Å². The number of carbonyl (C=O) groups is 1. The number of benzene rings is 1. The number of nitrogens with zero attached hydrogens (tertiary/aromatic N) is 1. The van der Waals surface area contributed by atoms with Gasteiger partial charge in [-0.3, -0.25) is 4.79 Å². The Bertz CT molecular complexity index is 821. The highest BCUT2D eigenvalue weighted by molar-refractivity contribution is 6.32. The maximum absolute atomic E-state index is 12.9. The molecule has 0 spiro atoms. The number of rotatable bonds is 7. The number of hydrogen-bond donors (Lipinski definition) is 1. The fourth-order valence-corrected chi connectivity index (χ4v) is 3.65. The molecule has 1 aromatic carbocycles. The third-order valence-electron chi connectivity index (χ3n) is 4.68. The summed E-state index contributed by atoms with van der Waals surface area (Å²) >= 11 is 6.30. The highest BCUT2D eigenvalue weighted by Crippen LogP contribution is 2.43. The molecule has 5 nitrogen and oxygen atoms in total. The van der Waals surface area contributed by atoms with Crippen LogP contribution in [0.2, 0.25) is 5.02 Å². The molecule has 2 rings (SSSR count). The number of Topliss-reactive ketones (excluding diaryl/α,β-unsaturated/α-hetero) is 1. The highest BCUT2D eigenvalue weighted by Gasteiger charge is 2.34. The van der Waals surface area contributed by atoms with E-state index < -0.39 is 12.5 Å². The van der Waals surface area contributed by atoms with Gasteiger partial charge in [0, 0.05) is 29.3 Å². The predicted octanol–water partition coefficient (Wildman–Crippen LogP) is 5.62. The van der Waals surface area contributed by atoms with Crippen LogP contribution in [0.1, 0.15) is 55.7 Å². The van der Waals surface area contributed by atoms with Gasteiger partial charge in [-0.25, -0.2) is 0 Å². The third kappa shape index (κ3) is 4.63. The van der Waals surface area contributed by atoms with E-state index in [2.05, 4.69) is 9.89 Å². The average molecular weight is 416 g/mol. The van der Waals surface area contributed by atoms with Crippen LogP contribution in [0.15, 0.2) is 22.6 Å². The second-order valence-corrected chi connectivity index (χ2v) is 6.96. The fourth-order valence-electron chi connectivity index (χ4n) is 3.49. The van der Waals surface area contributed by atoms with E-state index >= 15 is 0 Å². The van der Waals surface area contributed by atoms with Crippen molar-refractivity contribution in [2.75, 3.05) is 6.61 Å². The van der Waals surface area contributed by atoms with Gasteiger partial charge in [0.25, 0.3) is 0 Å². The minimum atomic E-state index is -3.01. The molecule has 0 amide bonds. The zero-order valence-electron chi connectivity index (χ0n) is 16.3. The maximum atomic E-state index is 12.9. The number of oxime groups is 1. The fraction of sp³-hybridized carbons (Fsp3) is 0.500. The number of carbonyl (C=O) groups excluding carboxylic acids is 1. The quantitative estimate of drug-likeness (QED) is 0.463. The molecule has 8 heteroatoms. The highest BCUT2D eigenvalue weighted by atomic mass is 35.5. The van der Waals surface area contributed by atoms with Gasteiger partial charge in [-0.1, -0.05) is 23.7 Å². The third-order valence-corrected chi connectivity index (χ3v) is 5.26. The van der Waals surface area contributed by atoms with Crippen molar-refractivity contribution in [1.29, 1.82) is 0 Å². The Morgan fingerprint density at radius 3 is 2.57 bits per heavy atom. The normalized spacial score (nSPS) is 18.1. The van der Waals surface area contributed by atoms with Crippen molar-refractivity contribution >= 4 is 23.1 Å². The lowest BCUT2D eigenvalue weighted by atomic mass is 9.79. The van der Waals surface area contributed by atoms with Gasteiger partial charge in [-0.2, -0.15) is 8.78 Å². The molecule has 1 atom stereocenters. The predicted molar refractivity (Wildman–Crippen MR) is 104 cm³/mol. The van der Waals surface area contributed by atoms with Crippen molar-refractivity contribution in [2.24, 2.45) is 5.16 Å². The lowest BCUT2D eigenvalue weighted by Gasteiger charge is -2.27. The Kier molecular flexibility index (Phi) is 7.41. The number of aliphatic hydroxyl groups is 1. The summed E-state index contributed by atoms with van der Waals surface area (Å²) in [6.45, 7) is 4.27. The number of allylic oxidation sites excluding steroid dienone is 2. The second-order valence-electron chi connectivity index (χ2n) is 6.58. The summed E-state index contributed by atoms with van der Waals surface area (Å²) in [7, 11) is 0. The molecule has 0 aromatic heterocycles. The van der Waals surface area contributed by atoms with Crippen molar-refractivity contribution in [3.8, 4) is 5.75 Å². The SMILES string of the molecule is CCO/N=C(/CC)C1=C(O)CC(c2c(OC(F)F)cc(C)c(Cl)c2C)CC1=O. The average Bonchev–Trinajstić information content (AvgIpc) is 2.61. The largest absolute Gasteiger partial charge is 0.511 e. The molecule has 1 aromatic rings. The first-order valence-corrected chi connectivity index (χ1v) is 9.47. The summed E-state index contributed by atoms with van der Waals surface area (Å²) in [4.78, 5) is 17.8. The first kappa shape index (κ1) is 22.1. The number of aryl methyl sites for hydroxylation is 1. The Morgan fingerprint density at radius 1 is 1.36 bits per heavy atom. The van der Waals surface area contributed by atoms with Crippen LogP contribution in [0.25, 0.3) is 0 Å². The molecule has 0 radical (unpaired) electrons. The molecule has 0 bridgehead atoms. The topological polar surface area (TPSA) is 68.1 Å². The standard InChI is InChI=1S/C20H24ClF2NO4/c1-5-13(24-27-6-2)18-14(25)8-12(9-15(18)26)17-11(4)19(21)10(3)7-16(17)28-20(22)23/h7,12,20,25H,5-6,8-9H2,1-4H3/b24-13-. The van der Waals surface area contributed by atoms with Crippen LogP contribution < -0.4 is 4.74 Å². The maximum Gasteiger partial charge on any atom is 0.387 e. The molecular weight excluding hydrogens is 392 g/mol. The molecular formula is C20H24ClF2NO4. The van der Waals surface area contributed by atoms with E-state index in [9.17, 15) is 18.7 Å². The Balaban J connectivity index is 2.50. The van der Waals surface area contributed by atoms with Crippen LogP contribution in [0, 0.1) is 13.8 Å². The van der Waals surface area contributed by atoms with Crippen molar-refractivity contribution in [1.82, 2.24) is 0 Å². The van der Waals surface area contributed by atoms with E-state index in [1.54, 1.807) is 27.7 Å². The summed E-state index contributed by atoms with van der Waals surface area (Å²) in [6, 6.07) is 1.44. The van der Waals surface area contributed by atoms with E-state index in [0.29, 0.717) is 40.5 Å². The van der Waals surface area contributed by atoms with E-state index in [4.69, 9.17) is 16.4 Å². The zero-order valence-corrected chi connectivity index (χ0v) is 17.1. The molecule has 1 N–H and O–H groups in total. The van der Waals surface area contributed by atoms with E-state index in [1.165, 1.54) is 6.07 Å². The number of halogens is 3. The first-order chi connectivity index (χ1) is 13.2. The van der Waals surface area contributed by atoms with Gasteiger partial charge in [-0.05, 0) is 44.4 Å². The van der Waals surface area contributed by atoms with Gasteiger partial charge in [0.2, 0.25) is 0 Å². The van der Waals surface area contributed by atoms with Crippen molar-refractivity contribution < 1.29 is 28.3 Å². The van der Waals surface area contributed by atoms with Gasteiger partial charge in [0.05, 0.1) is 11.3 Å². The number of alkyl halides is 2. The van der Waals surface area contributed by atoms with Crippen molar-refractivity contribution in [2.45, 2.75) is 59.5 Å². The van der Waals surface area contributed by atoms with Gasteiger partial charge >= 0.3 is 6.61 Å². The Hall–Kier alpha value is -2.15. The van der Waals surface area contributed by atoms with Gasteiger partial charge in [-0.15, -0.1) is 0 Å². The van der Waals surface area contributed by atoms with E-state index in [1.807, 2.05) is 0 Å². The molecule has 0 aliphatic heterocycles. The number of ketones is 1. The van der Waals surface area contributed by atoms with Gasteiger partial charge in [0.15, 0.2) is 5.78 Å². The molecule has 1 unspecified atom stereocenters. The van der Waals surface area contributed by atoms with E-state index in [0.717, 1.165) is 0 Å². The second kappa shape index (κ2) is 9.37. The zero-order chi connectivity index (χ0) is 21.0. The molecule has 28 heavy (non-hydrogen) atoms. The van der Waals surface area contributed by atoms with E-state index in [-0.39, 0.29) is 35.7 Å². The molecule has 1 aliphatic rings. The molecule has 0 fully saturated rings. The summed E-state index contributed by atoms with van der Waals surface area (Å²) in [5, 5.41) is 14.9. The minimum Gasteiger partial charge on any atom is -0.511 e. The number of aliphatic hydroxyl groups excluding tert-OH is 1. The lowest BCUT2D eigenvalue weighted by Crippen LogP contribution is -2.24. The van der Waals surface area contributed by atoms with Crippen LogP contribution in [-0.2, 0) is 9.63 Å². The monoisotopic (exact) mass is 415 g/mol. The molecule has 0 heterocycles. The van der Waals surface area contributed by atoms with Gasteiger partial charge < -0.3 is 14.7 Å². The summed E-state index contributed by atoms with van der Waals surface area (Å²) < 4.78 is 30.5. The van der Waals surface area contributed by atoms with Crippen molar-refractivity contribution in [3.63, 3.8) is 0 Å². The Morgan fingerprint density at radius 2 is 2.04 bits per heavy atom. The number of hydrogen-bond acceptors (Lipinski definition) is 5. The van der Waals surface area contributed by atoms with Crippen LogP contribution >= 0.6 is 11.6 Å². The molecule has 1 aliphatic carbocycles.